The van der Waals surface area contributed by atoms with E-state index in [9.17, 15) is 13.2 Å². The Kier molecular flexibility index (Phi) is 8.77. The van der Waals surface area contributed by atoms with Crippen LogP contribution in [0, 0.1) is 0 Å². The van der Waals surface area contributed by atoms with Gasteiger partial charge in [-0.2, -0.15) is 0 Å². The van der Waals surface area contributed by atoms with E-state index in [0.29, 0.717) is 0 Å². The predicted octanol–water partition coefficient (Wildman–Crippen LogP) is 0.0308. The Morgan fingerprint density at radius 1 is 1.11 bits per heavy atom. The summed E-state index contributed by atoms with van der Waals surface area (Å²) in [4.78, 5) is 10.5. The first kappa shape index (κ1) is 17.6. The number of rotatable bonds is 5. The van der Waals surface area contributed by atoms with Crippen LogP contribution < -0.4 is 5.32 Å². The molecule has 0 fully saturated rings. The molecular weight excluding hydrogens is 270 g/mol. The Hall–Kier alpha value is -1.44. The molecule has 1 aromatic rings. The van der Waals surface area contributed by atoms with Crippen LogP contribution >= 0.6 is 0 Å². The molecule has 1 amide bonds. The van der Waals surface area contributed by atoms with Gasteiger partial charge in [0.1, 0.15) is 0 Å². The van der Waals surface area contributed by atoms with Crippen molar-refractivity contribution in [2.75, 3.05) is 30.0 Å². The van der Waals surface area contributed by atoms with Crippen molar-refractivity contribution in [1.82, 2.24) is 0 Å². The number of hydrogen-bond donors (Lipinski definition) is 3. The quantitative estimate of drug-likeness (QED) is 0.709. The van der Waals surface area contributed by atoms with E-state index in [1.54, 1.807) is 0 Å². The van der Waals surface area contributed by atoms with Gasteiger partial charge in [-0.05, 0) is 12.1 Å². The summed E-state index contributed by atoms with van der Waals surface area (Å²) in [7, 11) is -3.18. The normalized spacial score (nSPS) is 10.3. The summed E-state index contributed by atoms with van der Waals surface area (Å²) in [6.07, 6.45) is 0. The van der Waals surface area contributed by atoms with E-state index in [-0.39, 0.29) is 30.6 Å². The Morgan fingerprint density at radius 2 is 1.58 bits per heavy atom. The van der Waals surface area contributed by atoms with Crippen LogP contribution in [0.2, 0.25) is 0 Å². The van der Waals surface area contributed by atoms with E-state index >= 15 is 0 Å². The molecule has 0 aliphatic rings. The lowest BCUT2D eigenvalue weighted by Gasteiger charge is -1.98. The molecule has 0 aliphatic carbocycles. The van der Waals surface area contributed by atoms with Gasteiger partial charge in [0.05, 0.1) is 24.7 Å². The molecule has 0 heterocycles. The first-order chi connectivity index (χ1) is 8.91. The second-order valence-corrected chi connectivity index (χ2v) is 5.95. The molecule has 0 saturated heterocycles. The highest BCUT2D eigenvalue weighted by atomic mass is 32.2. The average Bonchev–Trinajstić information content (AvgIpc) is 2.30. The molecule has 6 nitrogen and oxygen atoms in total. The molecule has 0 saturated carbocycles. The molecule has 0 bridgehead atoms. The van der Waals surface area contributed by atoms with Gasteiger partial charge in [0.2, 0.25) is 5.91 Å². The maximum absolute atomic E-state index is 10.5. The van der Waals surface area contributed by atoms with Crippen LogP contribution in [-0.2, 0) is 14.6 Å². The minimum absolute atomic E-state index is 0.0359. The minimum atomic E-state index is -3.18. The lowest BCUT2D eigenvalue weighted by atomic mass is 10.3. The zero-order valence-electron chi connectivity index (χ0n) is 10.7. The number of benzene rings is 1. The van der Waals surface area contributed by atoms with Crippen LogP contribution in [0.25, 0.3) is 0 Å². The maximum Gasteiger partial charge on any atom is 0.221 e. The Labute approximate surface area is 113 Å². The van der Waals surface area contributed by atoms with Gasteiger partial charge < -0.3 is 15.5 Å². The van der Waals surface area contributed by atoms with Crippen molar-refractivity contribution in [2.24, 2.45) is 0 Å². The summed E-state index contributed by atoms with van der Waals surface area (Å²) in [6.45, 7) is 0.748. The number of para-hydroxylation sites is 1. The van der Waals surface area contributed by atoms with E-state index in [0.717, 1.165) is 5.69 Å². The number of carbonyl (C=O) groups excluding carboxylic acids is 1. The zero-order chi connectivity index (χ0) is 14.7. The van der Waals surface area contributed by atoms with Gasteiger partial charge in [-0.1, -0.05) is 18.2 Å². The SMILES string of the molecule is CC(=O)Nc1ccccc1.O=S(=O)(CCO)CCO. The van der Waals surface area contributed by atoms with E-state index in [1.807, 2.05) is 30.3 Å². The van der Waals surface area contributed by atoms with Crippen LogP contribution in [0.15, 0.2) is 30.3 Å². The lowest BCUT2D eigenvalue weighted by molar-refractivity contribution is -0.114. The van der Waals surface area contributed by atoms with Gasteiger partial charge in [0.15, 0.2) is 9.84 Å². The second-order valence-electron chi connectivity index (χ2n) is 3.65. The van der Waals surface area contributed by atoms with Crippen LogP contribution in [-0.4, -0.2) is 49.3 Å². The molecule has 0 radical (unpaired) electrons. The molecule has 108 valence electrons. The third-order valence-corrected chi connectivity index (χ3v) is 3.51. The number of carbonyl (C=O) groups is 1. The smallest absolute Gasteiger partial charge is 0.221 e. The largest absolute Gasteiger partial charge is 0.395 e. The highest BCUT2D eigenvalue weighted by Gasteiger charge is 2.06. The molecule has 0 spiro atoms. The van der Waals surface area contributed by atoms with Crippen molar-refractivity contribution >= 4 is 21.4 Å². The molecule has 3 N–H and O–H groups in total. The fourth-order valence-electron chi connectivity index (χ4n) is 1.10. The summed E-state index contributed by atoms with van der Waals surface area (Å²) in [5.41, 5.74) is 0.843. The van der Waals surface area contributed by atoms with Crippen molar-refractivity contribution in [3.8, 4) is 0 Å². The summed E-state index contributed by atoms with van der Waals surface area (Å²) in [5, 5.41) is 19.0. The molecule has 0 aromatic heterocycles. The third-order valence-electron chi connectivity index (χ3n) is 1.90. The molecular formula is C12H19NO5S. The predicted molar refractivity (Wildman–Crippen MR) is 73.6 cm³/mol. The fraction of sp³-hybridized carbons (Fsp3) is 0.417. The van der Waals surface area contributed by atoms with Gasteiger partial charge >= 0.3 is 0 Å². The molecule has 1 aromatic carbocycles. The number of amides is 1. The van der Waals surface area contributed by atoms with Crippen molar-refractivity contribution in [3.63, 3.8) is 0 Å². The number of sulfone groups is 1. The van der Waals surface area contributed by atoms with E-state index in [2.05, 4.69) is 5.32 Å². The first-order valence-corrected chi connectivity index (χ1v) is 7.48. The molecule has 0 atom stereocenters. The zero-order valence-corrected chi connectivity index (χ0v) is 11.6. The third kappa shape index (κ3) is 10.2. The van der Waals surface area contributed by atoms with Gasteiger partial charge in [-0.25, -0.2) is 8.42 Å². The Balaban J connectivity index is 0.000000344. The monoisotopic (exact) mass is 289 g/mol. The molecule has 19 heavy (non-hydrogen) atoms. The Morgan fingerprint density at radius 3 is 1.95 bits per heavy atom. The maximum atomic E-state index is 10.5. The molecule has 0 aliphatic heterocycles. The van der Waals surface area contributed by atoms with Gasteiger partial charge in [-0.3, -0.25) is 4.79 Å². The van der Waals surface area contributed by atoms with E-state index < -0.39 is 9.84 Å². The number of anilines is 1. The second kappa shape index (κ2) is 9.48. The van der Waals surface area contributed by atoms with Crippen LogP contribution in [0.4, 0.5) is 5.69 Å². The Bertz CT molecular complexity index is 446. The lowest BCUT2D eigenvalue weighted by Crippen LogP contribution is -2.15. The van der Waals surface area contributed by atoms with Crippen molar-refractivity contribution in [1.29, 1.82) is 0 Å². The summed E-state index contributed by atoms with van der Waals surface area (Å²) in [5.74, 6) is -0.549. The van der Waals surface area contributed by atoms with E-state index in [1.165, 1.54) is 6.92 Å². The number of aliphatic hydroxyl groups is 2. The topological polar surface area (TPSA) is 104 Å². The van der Waals surface area contributed by atoms with Crippen LogP contribution in [0.3, 0.4) is 0 Å². The van der Waals surface area contributed by atoms with Gasteiger partial charge in [0.25, 0.3) is 0 Å². The molecule has 0 unspecified atom stereocenters. The fourth-order valence-corrected chi connectivity index (χ4v) is 1.87. The summed E-state index contributed by atoms with van der Waals surface area (Å²) >= 11 is 0. The molecule has 1 rings (SSSR count). The number of hydrogen-bond acceptors (Lipinski definition) is 5. The van der Waals surface area contributed by atoms with Crippen molar-refractivity contribution in [3.05, 3.63) is 30.3 Å². The highest BCUT2D eigenvalue weighted by molar-refractivity contribution is 7.91. The average molecular weight is 289 g/mol. The van der Waals surface area contributed by atoms with Crippen molar-refractivity contribution in [2.45, 2.75) is 6.92 Å². The van der Waals surface area contributed by atoms with Crippen LogP contribution in [0.1, 0.15) is 6.92 Å². The standard InChI is InChI=1S/C8H9NO.C4H10O4S/c1-7(10)9-8-5-3-2-4-6-8;5-1-3-9(7,8)4-2-6/h2-6H,1H3,(H,9,10);5-6H,1-4H2. The van der Waals surface area contributed by atoms with Crippen LogP contribution in [0.5, 0.6) is 0 Å². The molecule has 7 heteroatoms. The van der Waals surface area contributed by atoms with Gasteiger partial charge in [0, 0.05) is 12.6 Å². The number of aliphatic hydroxyl groups excluding tert-OH is 2. The van der Waals surface area contributed by atoms with Crippen molar-refractivity contribution < 1.29 is 23.4 Å². The number of nitrogens with one attached hydrogen (secondary N) is 1. The first-order valence-electron chi connectivity index (χ1n) is 5.66. The van der Waals surface area contributed by atoms with E-state index in [4.69, 9.17) is 10.2 Å². The minimum Gasteiger partial charge on any atom is -0.395 e. The van der Waals surface area contributed by atoms with Gasteiger partial charge in [-0.15, -0.1) is 0 Å². The summed E-state index contributed by atoms with van der Waals surface area (Å²) < 4.78 is 21.0. The highest BCUT2D eigenvalue weighted by Crippen LogP contribution is 2.03. The summed E-state index contributed by atoms with van der Waals surface area (Å²) in [6, 6.07) is 9.37.